The highest BCUT2D eigenvalue weighted by molar-refractivity contribution is 5.79. The Hall–Kier alpha value is -1.34. The molecule has 5 N–H and O–H groups in total. The van der Waals surface area contributed by atoms with Crippen LogP contribution >= 0.6 is 0 Å². The molecule has 0 heterocycles. The lowest BCUT2D eigenvalue weighted by Crippen LogP contribution is -2.42. The number of carbonyl (C=O) groups is 2. The van der Waals surface area contributed by atoms with E-state index in [4.69, 9.17) is 10.5 Å². The van der Waals surface area contributed by atoms with Crippen molar-refractivity contribution >= 4 is 12.0 Å². The zero-order valence-electron chi connectivity index (χ0n) is 19.1. The zero-order valence-corrected chi connectivity index (χ0v) is 19.1. The second-order valence-electron chi connectivity index (χ2n) is 8.24. The van der Waals surface area contributed by atoms with Crippen LogP contribution in [0.1, 0.15) is 110 Å². The molecule has 0 aromatic carbocycles. The molecule has 0 saturated carbocycles. The van der Waals surface area contributed by atoms with Crippen LogP contribution < -0.4 is 11.1 Å². The fraction of sp³-hybridized carbons (Fsp3) is 0.913. The number of nitrogens with one attached hydrogen (secondary N) is 1. The molecule has 7 nitrogen and oxygen atoms in total. The molecule has 2 unspecified atom stereocenters. The number of alkyl carbamates (subject to hydrolysis) is 1. The quantitative estimate of drug-likeness (QED) is 0.203. The predicted octanol–water partition coefficient (Wildman–Crippen LogP) is 4.18. The Morgan fingerprint density at radius 2 is 1.17 bits per heavy atom. The highest BCUT2D eigenvalue weighted by Crippen LogP contribution is 2.13. The number of amides is 2. The van der Waals surface area contributed by atoms with Gasteiger partial charge in [0.05, 0.1) is 0 Å². The zero-order chi connectivity index (χ0) is 22.5. The van der Waals surface area contributed by atoms with Crippen LogP contribution in [0.4, 0.5) is 4.79 Å². The third-order valence-corrected chi connectivity index (χ3v) is 5.34. The molecule has 0 rings (SSSR count). The van der Waals surface area contributed by atoms with Gasteiger partial charge in [0.1, 0.15) is 12.7 Å². The van der Waals surface area contributed by atoms with E-state index < -0.39 is 30.8 Å². The van der Waals surface area contributed by atoms with E-state index in [0.29, 0.717) is 6.54 Å². The largest absolute Gasteiger partial charge is 0.447 e. The van der Waals surface area contributed by atoms with Crippen LogP contribution in [0.2, 0.25) is 0 Å². The second-order valence-corrected chi connectivity index (χ2v) is 8.24. The van der Waals surface area contributed by atoms with Gasteiger partial charge >= 0.3 is 6.09 Å². The highest BCUT2D eigenvalue weighted by Gasteiger charge is 2.23. The van der Waals surface area contributed by atoms with Gasteiger partial charge in [0.15, 0.2) is 6.10 Å². The Morgan fingerprint density at radius 1 is 0.767 bits per heavy atom. The Morgan fingerprint density at radius 3 is 1.57 bits per heavy atom. The van der Waals surface area contributed by atoms with Gasteiger partial charge in [-0.25, -0.2) is 4.79 Å². The van der Waals surface area contributed by atoms with Gasteiger partial charge in [0.2, 0.25) is 5.91 Å². The molecule has 7 heteroatoms. The van der Waals surface area contributed by atoms with Gasteiger partial charge in [-0.05, 0) is 6.42 Å². The van der Waals surface area contributed by atoms with Crippen LogP contribution in [0, 0.1) is 0 Å². The molecular weight excluding hydrogens is 384 g/mol. The average molecular weight is 431 g/mol. The number of nitrogens with two attached hydrogens (primary N) is 1. The van der Waals surface area contributed by atoms with E-state index in [2.05, 4.69) is 12.2 Å². The standard InChI is InChI=1S/C23H46N2O5/c1-2-3-4-5-6-7-8-9-10-11-12-13-14-15-16-17-18-25-23(29)30-19-20(26)21(27)22(24)28/h20-21,26-27H,2-19H2,1H3,(H2,24,28)(H,25,29). The van der Waals surface area contributed by atoms with Gasteiger partial charge in [-0.1, -0.05) is 103 Å². The van der Waals surface area contributed by atoms with Crippen molar-refractivity contribution in [2.75, 3.05) is 13.2 Å². The summed E-state index contributed by atoms with van der Waals surface area (Å²) >= 11 is 0. The van der Waals surface area contributed by atoms with E-state index in [9.17, 15) is 19.8 Å². The normalized spacial score (nSPS) is 13.0. The van der Waals surface area contributed by atoms with Crippen LogP contribution in [0.25, 0.3) is 0 Å². The monoisotopic (exact) mass is 430 g/mol. The molecule has 30 heavy (non-hydrogen) atoms. The molecule has 0 aromatic rings. The minimum atomic E-state index is -1.74. The fourth-order valence-corrected chi connectivity index (χ4v) is 3.36. The topological polar surface area (TPSA) is 122 Å². The lowest BCUT2D eigenvalue weighted by atomic mass is 10.0. The molecule has 178 valence electrons. The molecule has 0 saturated heterocycles. The molecule has 2 atom stereocenters. The molecule has 0 aromatic heterocycles. The van der Waals surface area contributed by atoms with Crippen molar-refractivity contribution in [2.45, 2.75) is 122 Å². The van der Waals surface area contributed by atoms with E-state index in [1.54, 1.807) is 0 Å². The molecule has 2 amide bonds. The summed E-state index contributed by atoms with van der Waals surface area (Å²) in [4.78, 5) is 22.1. The van der Waals surface area contributed by atoms with Crippen molar-refractivity contribution in [3.63, 3.8) is 0 Å². The smallest absolute Gasteiger partial charge is 0.407 e. The number of aliphatic hydroxyl groups excluding tert-OH is 2. The summed E-state index contributed by atoms with van der Waals surface area (Å²) in [5, 5.41) is 21.2. The number of hydrogen-bond donors (Lipinski definition) is 4. The fourth-order valence-electron chi connectivity index (χ4n) is 3.36. The van der Waals surface area contributed by atoms with Crippen LogP contribution in [-0.4, -0.2) is 47.6 Å². The summed E-state index contributed by atoms with van der Waals surface area (Å²) in [6, 6.07) is 0. The second kappa shape index (κ2) is 20.9. The molecule has 0 bridgehead atoms. The van der Waals surface area contributed by atoms with Gasteiger partial charge < -0.3 is 26.0 Å². The Labute approximate surface area is 183 Å². The first-order valence-corrected chi connectivity index (χ1v) is 12.0. The summed E-state index contributed by atoms with van der Waals surface area (Å²) in [5.74, 6) is -1.06. The van der Waals surface area contributed by atoms with Crippen LogP contribution in [0.15, 0.2) is 0 Å². The number of ether oxygens (including phenoxy) is 1. The van der Waals surface area contributed by atoms with Gasteiger partial charge in [0.25, 0.3) is 0 Å². The van der Waals surface area contributed by atoms with E-state index in [-0.39, 0.29) is 0 Å². The lowest BCUT2D eigenvalue weighted by Gasteiger charge is -2.15. The first kappa shape index (κ1) is 28.7. The third kappa shape index (κ3) is 18.7. The van der Waals surface area contributed by atoms with Gasteiger partial charge in [-0.2, -0.15) is 0 Å². The Balaban J connectivity index is 3.27. The summed E-state index contributed by atoms with van der Waals surface area (Å²) in [6.45, 7) is 2.29. The average Bonchev–Trinajstić information content (AvgIpc) is 2.73. The van der Waals surface area contributed by atoms with Crippen molar-refractivity contribution in [2.24, 2.45) is 5.73 Å². The van der Waals surface area contributed by atoms with Crippen molar-refractivity contribution < 1.29 is 24.5 Å². The first-order chi connectivity index (χ1) is 14.5. The summed E-state index contributed by atoms with van der Waals surface area (Å²) < 4.78 is 4.74. The number of unbranched alkanes of at least 4 members (excludes halogenated alkanes) is 15. The maximum absolute atomic E-state index is 11.5. The summed E-state index contributed by atoms with van der Waals surface area (Å²) in [6.07, 6.45) is 16.8. The lowest BCUT2D eigenvalue weighted by molar-refractivity contribution is -0.133. The van der Waals surface area contributed by atoms with Gasteiger partial charge in [0, 0.05) is 6.54 Å². The molecule has 0 radical (unpaired) electrons. The van der Waals surface area contributed by atoms with Crippen molar-refractivity contribution in [3.05, 3.63) is 0 Å². The first-order valence-electron chi connectivity index (χ1n) is 12.0. The summed E-state index contributed by atoms with van der Waals surface area (Å²) in [7, 11) is 0. The van der Waals surface area contributed by atoms with E-state index in [0.717, 1.165) is 19.3 Å². The maximum atomic E-state index is 11.5. The van der Waals surface area contributed by atoms with Crippen LogP contribution in [0.3, 0.4) is 0 Å². The third-order valence-electron chi connectivity index (χ3n) is 5.34. The SMILES string of the molecule is CCCCCCCCCCCCCCCCCCNC(=O)OCC(O)C(O)C(N)=O. The van der Waals surface area contributed by atoms with Gasteiger partial charge in [-0.15, -0.1) is 0 Å². The highest BCUT2D eigenvalue weighted by atomic mass is 16.6. The van der Waals surface area contributed by atoms with Crippen molar-refractivity contribution in [1.82, 2.24) is 5.32 Å². The molecular formula is C23H46N2O5. The molecule has 0 spiro atoms. The number of primary amides is 1. The molecule has 0 aliphatic rings. The van der Waals surface area contributed by atoms with E-state index >= 15 is 0 Å². The van der Waals surface area contributed by atoms with E-state index in [1.165, 1.54) is 83.5 Å². The Kier molecular flexibility index (Phi) is 20.0. The number of carbonyl (C=O) groups excluding carboxylic acids is 2. The van der Waals surface area contributed by atoms with E-state index in [1.807, 2.05) is 0 Å². The molecule has 0 aliphatic carbocycles. The van der Waals surface area contributed by atoms with Crippen LogP contribution in [-0.2, 0) is 9.53 Å². The predicted molar refractivity (Wildman–Crippen MR) is 120 cm³/mol. The van der Waals surface area contributed by atoms with Crippen LogP contribution in [0.5, 0.6) is 0 Å². The Bertz CT molecular complexity index is 420. The number of aliphatic hydroxyl groups is 2. The van der Waals surface area contributed by atoms with Gasteiger partial charge in [-0.3, -0.25) is 4.79 Å². The minimum absolute atomic E-state index is 0.477. The summed E-state index contributed by atoms with van der Waals surface area (Å²) in [5.41, 5.74) is 4.84. The maximum Gasteiger partial charge on any atom is 0.407 e. The van der Waals surface area contributed by atoms with Crippen molar-refractivity contribution in [3.8, 4) is 0 Å². The number of rotatable bonds is 21. The minimum Gasteiger partial charge on any atom is -0.447 e. The molecule has 0 fully saturated rings. The van der Waals surface area contributed by atoms with Crippen molar-refractivity contribution in [1.29, 1.82) is 0 Å². The number of hydrogen-bond acceptors (Lipinski definition) is 5. The molecule has 0 aliphatic heterocycles.